The van der Waals surface area contributed by atoms with Crippen molar-refractivity contribution in [3.63, 3.8) is 0 Å². The summed E-state index contributed by atoms with van der Waals surface area (Å²) in [5, 5.41) is 15.7. The molecule has 8 nitrogen and oxygen atoms in total. The first kappa shape index (κ1) is 14.7. The smallest absolute Gasteiger partial charge is 0.219 e. The molecule has 3 heterocycles. The first-order valence-corrected chi connectivity index (χ1v) is 7.48. The third-order valence-corrected chi connectivity index (χ3v) is 3.79. The second-order valence-electron chi connectivity index (χ2n) is 5.34. The van der Waals surface area contributed by atoms with Crippen LogP contribution < -0.4 is 5.32 Å². The van der Waals surface area contributed by atoms with Crippen molar-refractivity contribution < 1.29 is 9.53 Å². The summed E-state index contributed by atoms with van der Waals surface area (Å²) in [6.45, 7) is 6.10. The van der Waals surface area contributed by atoms with Crippen LogP contribution in [0.3, 0.4) is 0 Å². The number of carbonyl (C=O) groups is 1. The fraction of sp³-hybridized carbons (Fsp3) is 0.571. The SMILES string of the molecule is CCc1cc(NCC2CN(C(C)=O)CCO2)c2nncn2n1. The number of hydrogen-bond donors (Lipinski definition) is 1. The predicted octanol–water partition coefficient (Wildman–Crippen LogP) is 0.346. The summed E-state index contributed by atoms with van der Waals surface area (Å²) >= 11 is 0. The first-order valence-electron chi connectivity index (χ1n) is 7.48. The van der Waals surface area contributed by atoms with E-state index in [1.165, 1.54) is 0 Å². The molecule has 0 aromatic carbocycles. The highest BCUT2D eigenvalue weighted by Crippen LogP contribution is 2.16. The van der Waals surface area contributed by atoms with Crippen molar-refractivity contribution >= 4 is 17.2 Å². The van der Waals surface area contributed by atoms with Gasteiger partial charge in [0.15, 0.2) is 0 Å². The molecule has 8 heteroatoms. The van der Waals surface area contributed by atoms with Gasteiger partial charge in [0, 0.05) is 26.6 Å². The maximum atomic E-state index is 11.5. The number of anilines is 1. The summed E-state index contributed by atoms with van der Waals surface area (Å²) in [5.41, 5.74) is 2.54. The summed E-state index contributed by atoms with van der Waals surface area (Å²) in [6.07, 6.45) is 2.40. The first-order chi connectivity index (χ1) is 10.7. The van der Waals surface area contributed by atoms with Gasteiger partial charge >= 0.3 is 0 Å². The van der Waals surface area contributed by atoms with Gasteiger partial charge < -0.3 is 15.0 Å². The van der Waals surface area contributed by atoms with Gasteiger partial charge in [-0.15, -0.1) is 10.2 Å². The third-order valence-electron chi connectivity index (χ3n) is 3.79. The molecule has 2 aromatic heterocycles. The molecule has 0 radical (unpaired) electrons. The van der Waals surface area contributed by atoms with Crippen LogP contribution in [0.1, 0.15) is 19.5 Å². The second-order valence-corrected chi connectivity index (χ2v) is 5.34. The number of rotatable bonds is 4. The molecule has 22 heavy (non-hydrogen) atoms. The monoisotopic (exact) mass is 304 g/mol. The Balaban J connectivity index is 1.71. The highest BCUT2D eigenvalue weighted by Gasteiger charge is 2.22. The molecule has 1 atom stereocenters. The molecule has 118 valence electrons. The van der Waals surface area contributed by atoms with E-state index in [1.807, 2.05) is 11.0 Å². The zero-order valence-electron chi connectivity index (χ0n) is 12.8. The van der Waals surface area contributed by atoms with Gasteiger partial charge in [-0.3, -0.25) is 4.79 Å². The number of hydrogen-bond acceptors (Lipinski definition) is 6. The summed E-state index contributed by atoms with van der Waals surface area (Å²) in [5.74, 6) is 0.0883. The van der Waals surface area contributed by atoms with Gasteiger partial charge in [-0.1, -0.05) is 6.92 Å². The molecule has 0 aliphatic carbocycles. The summed E-state index contributed by atoms with van der Waals surface area (Å²) < 4.78 is 7.39. The van der Waals surface area contributed by atoms with Crippen molar-refractivity contribution in [3.8, 4) is 0 Å². The summed E-state index contributed by atoms with van der Waals surface area (Å²) in [7, 11) is 0. The Kier molecular flexibility index (Phi) is 4.19. The molecule has 3 rings (SSSR count). The van der Waals surface area contributed by atoms with Crippen molar-refractivity contribution in [3.05, 3.63) is 18.1 Å². The van der Waals surface area contributed by atoms with E-state index in [9.17, 15) is 4.79 Å². The Labute approximate surface area is 128 Å². The van der Waals surface area contributed by atoms with E-state index in [-0.39, 0.29) is 12.0 Å². The molecule has 0 saturated carbocycles. The van der Waals surface area contributed by atoms with Crippen LogP contribution in [0.5, 0.6) is 0 Å². The van der Waals surface area contributed by atoms with Crippen LogP contribution in [0.4, 0.5) is 5.69 Å². The quantitative estimate of drug-likeness (QED) is 0.877. The summed E-state index contributed by atoms with van der Waals surface area (Å²) in [6, 6.07) is 1.98. The number of aromatic nitrogens is 4. The number of nitrogens with zero attached hydrogens (tertiary/aromatic N) is 5. The molecular formula is C14H20N6O2. The van der Waals surface area contributed by atoms with Crippen LogP contribution in [-0.4, -0.2) is 63.0 Å². The Morgan fingerprint density at radius 2 is 2.41 bits per heavy atom. The van der Waals surface area contributed by atoms with Crippen LogP contribution in [0.25, 0.3) is 5.65 Å². The van der Waals surface area contributed by atoms with Gasteiger partial charge in [0.1, 0.15) is 6.33 Å². The lowest BCUT2D eigenvalue weighted by Gasteiger charge is -2.32. The van der Waals surface area contributed by atoms with Gasteiger partial charge in [-0.05, 0) is 12.5 Å². The topological polar surface area (TPSA) is 84.7 Å². The predicted molar refractivity (Wildman–Crippen MR) is 80.6 cm³/mol. The number of aryl methyl sites for hydroxylation is 1. The fourth-order valence-corrected chi connectivity index (χ4v) is 2.53. The molecule has 1 aliphatic rings. The third kappa shape index (κ3) is 3.01. The molecule has 1 fully saturated rings. The van der Waals surface area contributed by atoms with E-state index >= 15 is 0 Å². The van der Waals surface area contributed by atoms with Crippen molar-refractivity contribution in [1.82, 2.24) is 24.7 Å². The van der Waals surface area contributed by atoms with Crippen molar-refractivity contribution in [2.45, 2.75) is 26.4 Å². The molecule has 0 bridgehead atoms. The molecule has 0 spiro atoms. The van der Waals surface area contributed by atoms with Gasteiger partial charge in [-0.2, -0.15) is 9.61 Å². The van der Waals surface area contributed by atoms with E-state index in [1.54, 1.807) is 17.8 Å². The van der Waals surface area contributed by atoms with Crippen molar-refractivity contribution in [1.29, 1.82) is 0 Å². The standard InChI is InChI=1S/C14H20N6O2/c1-3-11-6-13(14-17-16-9-20(14)18-11)15-7-12-8-19(10(2)21)4-5-22-12/h6,9,12,15H,3-5,7-8H2,1-2H3. The minimum absolute atomic E-state index is 0.0288. The van der Waals surface area contributed by atoms with E-state index in [0.29, 0.717) is 31.9 Å². The maximum absolute atomic E-state index is 11.5. The second kappa shape index (κ2) is 6.27. The van der Waals surface area contributed by atoms with Crippen LogP contribution in [-0.2, 0) is 16.0 Å². The lowest BCUT2D eigenvalue weighted by molar-refractivity contribution is -0.135. The maximum Gasteiger partial charge on any atom is 0.219 e. The zero-order valence-corrected chi connectivity index (χ0v) is 12.8. The van der Waals surface area contributed by atoms with Gasteiger partial charge in [-0.25, -0.2) is 0 Å². The molecule has 1 unspecified atom stereocenters. The van der Waals surface area contributed by atoms with Crippen LogP contribution >= 0.6 is 0 Å². The Morgan fingerprint density at radius 3 is 3.18 bits per heavy atom. The molecular weight excluding hydrogens is 284 g/mol. The van der Waals surface area contributed by atoms with Crippen molar-refractivity contribution in [2.24, 2.45) is 0 Å². The van der Waals surface area contributed by atoms with E-state index in [2.05, 4.69) is 27.5 Å². The number of amides is 1. The summed E-state index contributed by atoms with van der Waals surface area (Å²) in [4.78, 5) is 13.3. The van der Waals surface area contributed by atoms with Gasteiger partial charge in [0.05, 0.1) is 24.1 Å². The minimum atomic E-state index is -0.0288. The number of nitrogens with one attached hydrogen (secondary N) is 1. The minimum Gasteiger partial charge on any atom is -0.379 e. The Hall–Kier alpha value is -2.22. The lowest BCUT2D eigenvalue weighted by Crippen LogP contribution is -2.47. The average molecular weight is 304 g/mol. The largest absolute Gasteiger partial charge is 0.379 e. The Bertz CT molecular complexity index is 670. The lowest BCUT2D eigenvalue weighted by atomic mass is 10.2. The van der Waals surface area contributed by atoms with Crippen LogP contribution in [0.15, 0.2) is 12.4 Å². The number of morpholine rings is 1. The molecule has 1 saturated heterocycles. The van der Waals surface area contributed by atoms with Crippen LogP contribution in [0, 0.1) is 0 Å². The highest BCUT2D eigenvalue weighted by atomic mass is 16.5. The normalized spacial score (nSPS) is 18.6. The number of carbonyl (C=O) groups excluding carboxylic acids is 1. The number of fused-ring (bicyclic) bond motifs is 1. The van der Waals surface area contributed by atoms with Crippen molar-refractivity contribution in [2.75, 3.05) is 31.6 Å². The molecule has 1 aliphatic heterocycles. The molecule has 1 N–H and O–H groups in total. The zero-order chi connectivity index (χ0) is 15.5. The fourth-order valence-electron chi connectivity index (χ4n) is 2.53. The molecule has 2 aromatic rings. The van der Waals surface area contributed by atoms with Gasteiger partial charge in [0.25, 0.3) is 0 Å². The molecule has 1 amide bonds. The average Bonchev–Trinajstić information content (AvgIpc) is 3.01. The van der Waals surface area contributed by atoms with E-state index in [4.69, 9.17) is 4.74 Å². The highest BCUT2D eigenvalue weighted by molar-refractivity contribution is 5.73. The van der Waals surface area contributed by atoms with E-state index < -0.39 is 0 Å². The Morgan fingerprint density at radius 1 is 1.55 bits per heavy atom. The van der Waals surface area contributed by atoms with Crippen LogP contribution in [0.2, 0.25) is 0 Å². The van der Waals surface area contributed by atoms with E-state index in [0.717, 1.165) is 17.8 Å². The van der Waals surface area contributed by atoms with Gasteiger partial charge in [0.2, 0.25) is 11.6 Å². The number of ether oxygens (including phenoxy) is 1.